The van der Waals surface area contributed by atoms with Gasteiger partial charge in [0.2, 0.25) is 5.91 Å². The number of likely N-dealkylation sites (tertiary alicyclic amines) is 2. The van der Waals surface area contributed by atoms with E-state index in [4.69, 9.17) is 0 Å². The van der Waals surface area contributed by atoms with Gasteiger partial charge in [0.25, 0.3) is 0 Å². The van der Waals surface area contributed by atoms with Crippen molar-refractivity contribution >= 4 is 5.91 Å². The molecule has 0 aromatic rings. The van der Waals surface area contributed by atoms with Gasteiger partial charge < -0.3 is 15.1 Å². The molecule has 0 radical (unpaired) electrons. The minimum atomic E-state index is 0.0633. The third kappa shape index (κ3) is 2.38. The predicted octanol–water partition coefficient (Wildman–Crippen LogP) is 0.291. The number of hydrogen-bond acceptors (Lipinski definition) is 3. The first-order valence-electron chi connectivity index (χ1n) is 6.38. The lowest BCUT2D eigenvalue weighted by molar-refractivity contribution is -0.139. The van der Waals surface area contributed by atoms with E-state index in [1.807, 2.05) is 7.05 Å². The van der Waals surface area contributed by atoms with Crippen LogP contribution in [0.4, 0.5) is 0 Å². The van der Waals surface area contributed by atoms with Crippen molar-refractivity contribution in [3.8, 4) is 0 Å². The van der Waals surface area contributed by atoms with Gasteiger partial charge in [0.15, 0.2) is 0 Å². The van der Waals surface area contributed by atoms with Gasteiger partial charge >= 0.3 is 0 Å². The van der Waals surface area contributed by atoms with Gasteiger partial charge in [0.1, 0.15) is 0 Å². The Kier molecular flexibility index (Phi) is 3.82. The molecule has 2 fully saturated rings. The second kappa shape index (κ2) is 5.15. The van der Waals surface area contributed by atoms with Crippen LogP contribution in [0.25, 0.3) is 0 Å². The fourth-order valence-electron chi connectivity index (χ4n) is 2.84. The topological polar surface area (TPSA) is 35.6 Å². The average Bonchev–Trinajstić information content (AvgIpc) is 2.31. The second-order valence-corrected chi connectivity index (χ2v) is 5.05. The first-order valence-corrected chi connectivity index (χ1v) is 6.38. The number of amides is 1. The molecular weight excluding hydrogens is 202 g/mol. The molecule has 16 heavy (non-hydrogen) atoms. The number of nitrogens with zero attached hydrogens (tertiary/aromatic N) is 2. The summed E-state index contributed by atoms with van der Waals surface area (Å²) in [7, 11) is 4.05. The van der Waals surface area contributed by atoms with Crippen molar-refractivity contribution in [3.63, 3.8) is 0 Å². The van der Waals surface area contributed by atoms with Gasteiger partial charge in [-0.2, -0.15) is 0 Å². The van der Waals surface area contributed by atoms with Crippen LogP contribution in [0.1, 0.15) is 25.7 Å². The Bertz CT molecular complexity index is 249. The molecule has 2 aliphatic rings. The molecule has 4 heteroatoms. The van der Waals surface area contributed by atoms with E-state index in [1.165, 1.54) is 0 Å². The van der Waals surface area contributed by atoms with Crippen LogP contribution in [-0.4, -0.2) is 61.5 Å². The number of hydrogen-bond donors (Lipinski definition) is 1. The van der Waals surface area contributed by atoms with E-state index in [9.17, 15) is 4.79 Å². The summed E-state index contributed by atoms with van der Waals surface area (Å²) < 4.78 is 0. The first kappa shape index (κ1) is 11.9. The van der Waals surface area contributed by atoms with Crippen LogP contribution in [0.3, 0.4) is 0 Å². The lowest BCUT2D eigenvalue weighted by atomic mass is 9.97. The highest BCUT2D eigenvalue weighted by molar-refractivity contribution is 5.82. The summed E-state index contributed by atoms with van der Waals surface area (Å²) in [5.74, 6) is 0.323. The number of nitrogens with one attached hydrogen (secondary N) is 1. The Balaban J connectivity index is 1.95. The molecular formula is C12H23N3O. The summed E-state index contributed by atoms with van der Waals surface area (Å²) in [5, 5.41) is 3.13. The Morgan fingerprint density at radius 3 is 2.50 bits per heavy atom. The quantitative estimate of drug-likeness (QED) is 0.734. The lowest BCUT2D eigenvalue weighted by Crippen LogP contribution is -2.55. The third-order valence-corrected chi connectivity index (χ3v) is 3.95. The number of piperidine rings is 2. The van der Waals surface area contributed by atoms with Crippen molar-refractivity contribution in [1.29, 1.82) is 0 Å². The maximum absolute atomic E-state index is 12.2. The summed E-state index contributed by atoms with van der Waals surface area (Å²) in [6, 6.07) is 0.549. The molecule has 2 aliphatic heterocycles. The van der Waals surface area contributed by atoms with Crippen LogP contribution in [0.2, 0.25) is 0 Å². The van der Waals surface area contributed by atoms with E-state index >= 15 is 0 Å². The van der Waals surface area contributed by atoms with Crippen LogP contribution in [-0.2, 0) is 4.79 Å². The van der Waals surface area contributed by atoms with Crippen LogP contribution >= 0.6 is 0 Å². The molecule has 2 heterocycles. The van der Waals surface area contributed by atoms with E-state index < -0.39 is 0 Å². The van der Waals surface area contributed by atoms with Gasteiger partial charge in [0.05, 0.1) is 6.04 Å². The zero-order valence-electron chi connectivity index (χ0n) is 10.4. The van der Waals surface area contributed by atoms with E-state index in [0.717, 1.165) is 45.3 Å². The highest BCUT2D eigenvalue weighted by atomic mass is 16.2. The van der Waals surface area contributed by atoms with E-state index in [-0.39, 0.29) is 6.04 Å². The molecule has 1 atom stereocenters. The molecule has 1 unspecified atom stereocenters. The molecule has 0 spiro atoms. The van der Waals surface area contributed by atoms with Crippen molar-refractivity contribution in [2.45, 2.75) is 37.8 Å². The normalized spacial score (nSPS) is 29.8. The zero-order valence-corrected chi connectivity index (χ0v) is 10.4. The minimum Gasteiger partial charge on any atom is -0.338 e. The van der Waals surface area contributed by atoms with Crippen LogP contribution in [0, 0.1) is 0 Å². The average molecular weight is 225 g/mol. The minimum absolute atomic E-state index is 0.0633. The molecule has 4 nitrogen and oxygen atoms in total. The van der Waals surface area contributed by atoms with Gasteiger partial charge in [-0.25, -0.2) is 0 Å². The summed E-state index contributed by atoms with van der Waals surface area (Å²) in [5.41, 5.74) is 0. The molecule has 0 saturated carbocycles. The van der Waals surface area contributed by atoms with Gasteiger partial charge in [-0.15, -0.1) is 0 Å². The number of rotatable bonds is 2. The predicted molar refractivity (Wildman–Crippen MR) is 64.3 cm³/mol. The Hall–Kier alpha value is -0.610. The molecule has 2 rings (SSSR count). The largest absolute Gasteiger partial charge is 0.338 e. The summed E-state index contributed by atoms with van der Waals surface area (Å²) in [6.07, 6.45) is 4.42. The van der Waals surface area contributed by atoms with Gasteiger partial charge in [-0.05, 0) is 52.9 Å². The Labute approximate surface area is 98.0 Å². The fourth-order valence-corrected chi connectivity index (χ4v) is 2.84. The maximum Gasteiger partial charge on any atom is 0.239 e. The zero-order chi connectivity index (χ0) is 11.5. The van der Waals surface area contributed by atoms with Crippen LogP contribution in [0.15, 0.2) is 0 Å². The number of carbonyl (C=O) groups is 1. The fraction of sp³-hybridized carbons (Fsp3) is 0.917. The standard InChI is InChI=1S/C12H23N3O/c1-13-11-4-3-7-15(12(11)16)10-5-8-14(2)9-6-10/h10-11,13H,3-9H2,1-2H3. The maximum atomic E-state index is 12.2. The smallest absolute Gasteiger partial charge is 0.239 e. The van der Waals surface area contributed by atoms with Crippen molar-refractivity contribution < 1.29 is 4.79 Å². The van der Waals surface area contributed by atoms with E-state index in [1.54, 1.807) is 0 Å². The van der Waals surface area contributed by atoms with Gasteiger partial charge in [-0.3, -0.25) is 4.79 Å². The number of likely N-dealkylation sites (N-methyl/N-ethyl adjacent to an activating group) is 1. The molecule has 0 bridgehead atoms. The summed E-state index contributed by atoms with van der Waals surface area (Å²) in [4.78, 5) is 16.7. The highest BCUT2D eigenvalue weighted by Gasteiger charge is 2.33. The molecule has 1 N–H and O–H groups in total. The van der Waals surface area contributed by atoms with Gasteiger partial charge in [0, 0.05) is 12.6 Å². The van der Waals surface area contributed by atoms with Crippen molar-refractivity contribution in [2.24, 2.45) is 0 Å². The molecule has 0 aromatic carbocycles. The van der Waals surface area contributed by atoms with Gasteiger partial charge in [-0.1, -0.05) is 0 Å². The first-order chi connectivity index (χ1) is 7.72. The molecule has 2 saturated heterocycles. The second-order valence-electron chi connectivity index (χ2n) is 5.05. The third-order valence-electron chi connectivity index (χ3n) is 3.95. The SMILES string of the molecule is CNC1CCCN(C2CCN(C)CC2)C1=O. The molecule has 1 amide bonds. The lowest BCUT2D eigenvalue weighted by Gasteiger charge is -2.41. The van der Waals surface area contributed by atoms with E-state index in [2.05, 4.69) is 22.2 Å². The summed E-state index contributed by atoms with van der Waals surface area (Å²) >= 11 is 0. The van der Waals surface area contributed by atoms with Crippen LogP contribution < -0.4 is 5.32 Å². The molecule has 92 valence electrons. The van der Waals surface area contributed by atoms with E-state index in [0.29, 0.717) is 11.9 Å². The van der Waals surface area contributed by atoms with Crippen LogP contribution in [0.5, 0.6) is 0 Å². The highest BCUT2D eigenvalue weighted by Crippen LogP contribution is 2.21. The summed E-state index contributed by atoms with van der Waals surface area (Å²) in [6.45, 7) is 3.21. The molecule has 0 aromatic heterocycles. The Morgan fingerprint density at radius 2 is 1.88 bits per heavy atom. The van der Waals surface area contributed by atoms with Crippen molar-refractivity contribution in [2.75, 3.05) is 33.7 Å². The number of carbonyl (C=O) groups excluding carboxylic acids is 1. The monoisotopic (exact) mass is 225 g/mol. The molecule has 0 aliphatic carbocycles. The Morgan fingerprint density at radius 1 is 1.19 bits per heavy atom. The van der Waals surface area contributed by atoms with Crippen molar-refractivity contribution in [1.82, 2.24) is 15.1 Å². The van der Waals surface area contributed by atoms with Crippen molar-refractivity contribution in [3.05, 3.63) is 0 Å².